The minimum Gasteiger partial charge on any atom is -0.379 e. The van der Waals surface area contributed by atoms with Crippen molar-refractivity contribution in [1.29, 1.82) is 0 Å². The summed E-state index contributed by atoms with van der Waals surface area (Å²) in [6.45, 7) is 12.1. The molecule has 3 rings (SSSR count). The predicted octanol–water partition coefficient (Wildman–Crippen LogP) is 2.28. The fraction of sp³-hybridized carbons (Fsp3) is 0.667. The zero-order valence-corrected chi connectivity index (χ0v) is 17.1. The molecule has 1 aromatic carbocycles. The summed E-state index contributed by atoms with van der Waals surface area (Å²) >= 11 is 0. The molecule has 2 fully saturated rings. The van der Waals surface area contributed by atoms with Gasteiger partial charge in [-0.15, -0.1) is 0 Å². The van der Waals surface area contributed by atoms with Gasteiger partial charge in [0.2, 0.25) is 0 Å². The molecule has 2 atom stereocenters. The van der Waals surface area contributed by atoms with Crippen molar-refractivity contribution in [2.75, 3.05) is 59.0 Å². The van der Waals surface area contributed by atoms with Crippen LogP contribution >= 0.6 is 0 Å². The van der Waals surface area contributed by atoms with Crippen LogP contribution in [0.2, 0.25) is 0 Å². The van der Waals surface area contributed by atoms with Gasteiger partial charge in [-0.1, -0.05) is 12.1 Å². The van der Waals surface area contributed by atoms with Gasteiger partial charge in [-0.2, -0.15) is 0 Å². The van der Waals surface area contributed by atoms with E-state index in [4.69, 9.17) is 14.5 Å². The van der Waals surface area contributed by atoms with Gasteiger partial charge in [-0.3, -0.25) is 9.89 Å². The first kappa shape index (κ1) is 21.0. The lowest BCUT2D eigenvalue weighted by Crippen LogP contribution is -2.50. The molecular formula is C21H33FN4O2. The fourth-order valence-corrected chi connectivity index (χ4v) is 3.72. The van der Waals surface area contributed by atoms with Crippen molar-refractivity contribution >= 4 is 5.96 Å². The van der Waals surface area contributed by atoms with Gasteiger partial charge in [-0.25, -0.2) is 4.39 Å². The standard InChI is InChI=1S/C21H33FN4O2/c1-3-23-21(24-9-4-10-25-11-13-27-14-12-25)26-15-17(2)28-20(16-26)18-5-7-19(22)8-6-18/h5-8,17,20H,3-4,9-16H2,1-2H3,(H,23,24). The predicted molar refractivity (Wildman–Crippen MR) is 109 cm³/mol. The second-order valence-electron chi connectivity index (χ2n) is 7.44. The van der Waals surface area contributed by atoms with Crippen molar-refractivity contribution < 1.29 is 13.9 Å². The number of hydrogen-bond donors (Lipinski definition) is 1. The molecule has 1 N–H and O–H groups in total. The van der Waals surface area contributed by atoms with Gasteiger partial charge >= 0.3 is 0 Å². The smallest absolute Gasteiger partial charge is 0.194 e. The molecular weight excluding hydrogens is 359 g/mol. The molecule has 0 saturated carbocycles. The number of aliphatic imine (C=N–C) groups is 1. The van der Waals surface area contributed by atoms with E-state index in [9.17, 15) is 4.39 Å². The lowest BCUT2D eigenvalue weighted by molar-refractivity contribution is -0.0605. The van der Waals surface area contributed by atoms with Crippen molar-refractivity contribution in [3.05, 3.63) is 35.6 Å². The van der Waals surface area contributed by atoms with Crippen LogP contribution in [0.15, 0.2) is 29.3 Å². The molecule has 0 spiro atoms. The first-order valence-corrected chi connectivity index (χ1v) is 10.4. The van der Waals surface area contributed by atoms with Gasteiger partial charge in [-0.05, 0) is 38.0 Å². The lowest BCUT2D eigenvalue weighted by Gasteiger charge is -2.38. The van der Waals surface area contributed by atoms with E-state index in [0.717, 1.165) is 70.4 Å². The second-order valence-corrected chi connectivity index (χ2v) is 7.44. The summed E-state index contributed by atoms with van der Waals surface area (Å²) < 4.78 is 24.8. The van der Waals surface area contributed by atoms with E-state index in [2.05, 4.69) is 29.0 Å². The van der Waals surface area contributed by atoms with E-state index in [1.165, 1.54) is 12.1 Å². The van der Waals surface area contributed by atoms with Gasteiger partial charge < -0.3 is 19.7 Å². The fourth-order valence-electron chi connectivity index (χ4n) is 3.72. The lowest BCUT2D eigenvalue weighted by atomic mass is 10.1. The Bertz CT molecular complexity index is 619. The topological polar surface area (TPSA) is 49.3 Å². The Kier molecular flexibility index (Phi) is 8.06. The summed E-state index contributed by atoms with van der Waals surface area (Å²) in [4.78, 5) is 9.56. The Morgan fingerprint density at radius 3 is 2.68 bits per heavy atom. The summed E-state index contributed by atoms with van der Waals surface area (Å²) in [6, 6.07) is 6.60. The molecule has 7 heteroatoms. The average molecular weight is 393 g/mol. The summed E-state index contributed by atoms with van der Waals surface area (Å²) in [5.41, 5.74) is 1.00. The first-order valence-electron chi connectivity index (χ1n) is 10.4. The Morgan fingerprint density at radius 1 is 1.21 bits per heavy atom. The number of rotatable bonds is 6. The highest BCUT2D eigenvalue weighted by atomic mass is 19.1. The number of morpholine rings is 2. The molecule has 1 aromatic rings. The Morgan fingerprint density at radius 2 is 1.96 bits per heavy atom. The maximum atomic E-state index is 13.3. The number of benzene rings is 1. The molecule has 2 saturated heterocycles. The van der Waals surface area contributed by atoms with E-state index >= 15 is 0 Å². The first-order chi connectivity index (χ1) is 13.7. The normalized spacial score (nSPS) is 24.4. The summed E-state index contributed by atoms with van der Waals surface area (Å²) in [6.07, 6.45) is 1.04. The highest BCUT2D eigenvalue weighted by Gasteiger charge is 2.28. The molecule has 2 aliphatic heterocycles. The molecule has 28 heavy (non-hydrogen) atoms. The number of nitrogens with one attached hydrogen (secondary N) is 1. The van der Waals surface area contributed by atoms with Crippen molar-refractivity contribution in [3.63, 3.8) is 0 Å². The third-order valence-corrected chi connectivity index (χ3v) is 5.13. The molecule has 2 aliphatic rings. The highest BCUT2D eigenvalue weighted by Crippen LogP contribution is 2.25. The van der Waals surface area contributed by atoms with Gasteiger partial charge in [0.05, 0.1) is 25.9 Å². The molecule has 0 amide bonds. The van der Waals surface area contributed by atoms with Crippen LogP contribution in [0.5, 0.6) is 0 Å². The number of hydrogen-bond acceptors (Lipinski definition) is 4. The van der Waals surface area contributed by atoms with Crippen LogP contribution in [0, 0.1) is 5.82 Å². The van der Waals surface area contributed by atoms with E-state index in [0.29, 0.717) is 6.54 Å². The van der Waals surface area contributed by atoms with Crippen molar-refractivity contribution in [3.8, 4) is 0 Å². The van der Waals surface area contributed by atoms with E-state index < -0.39 is 0 Å². The molecule has 0 bridgehead atoms. The largest absolute Gasteiger partial charge is 0.379 e. The van der Waals surface area contributed by atoms with Crippen LogP contribution in [0.3, 0.4) is 0 Å². The minimum absolute atomic E-state index is 0.0819. The number of ether oxygens (including phenoxy) is 2. The average Bonchev–Trinajstić information content (AvgIpc) is 2.71. The highest BCUT2D eigenvalue weighted by molar-refractivity contribution is 5.80. The molecule has 0 aromatic heterocycles. The quantitative estimate of drug-likeness (QED) is 0.457. The third kappa shape index (κ3) is 6.15. The summed E-state index contributed by atoms with van der Waals surface area (Å²) in [7, 11) is 0. The SMILES string of the molecule is CCNC(=NCCCN1CCOCC1)N1CC(C)OC(c2ccc(F)cc2)C1. The van der Waals surface area contributed by atoms with E-state index in [1.54, 1.807) is 0 Å². The van der Waals surface area contributed by atoms with Gasteiger partial charge in [0.15, 0.2) is 5.96 Å². The molecule has 0 aliphatic carbocycles. The van der Waals surface area contributed by atoms with Gasteiger partial charge in [0.1, 0.15) is 11.9 Å². The Labute approximate surface area is 167 Å². The monoisotopic (exact) mass is 392 g/mol. The zero-order chi connectivity index (χ0) is 19.8. The molecule has 2 heterocycles. The summed E-state index contributed by atoms with van der Waals surface area (Å²) in [5, 5.41) is 3.42. The Hall–Kier alpha value is -1.70. The molecule has 156 valence electrons. The van der Waals surface area contributed by atoms with Gasteiger partial charge in [0.25, 0.3) is 0 Å². The molecule has 2 unspecified atom stereocenters. The van der Waals surface area contributed by atoms with E-state index in [1.807, 2.05) is 12.1 Å². The third-order valence-electron chi connectivity index (χ3n) is 5.13. The number of halogens is 1. The zero-order valence-electron chi connectivity index (χ0n) is 17.1. The summed E-state index contributed by atoms with van der Waals surface area (Å²) in [5.74, 6) is 0.714. The number of nitrogens with zero attached hydrogens (tertiary/aromatic N) is 3. The number of guanidine groups is 1. The maximum absolute atomic E-state index is 13.3. The van der Waals surface area contributed by atoms with Crippen LogP contribution in [0.1, 0.15) is 31.9 Å². The van der Waals surface area contributed by atoms with Crippen molar-refractivity contribution in [2.45, 2.75) is 32.5 Å². The van der Waals surface area contributed by atoms with Crippen LogP contribution < -0.4 is 5.32 Å². The van der Waals surface area contributed by atoms with Crippen molar-refractivity contribution in [1.82, 2.24) is 15.1 Å². The van der Waals surface area contributed by atoms with Crippen LogP contribution in [0.25, 0.3) is 0 Å². The van der Waals surface area contributed by atoms with E-state index in [-0.39, 0.29) is 18.0 Å². The molecule has 6 nitrogen and oxygen atoms in total. The van der Waals surface area contributed by atoms with Crippen LogP contribution in [-0.4, -0.2) is 80.9 Å². The van der Waals surface area contributed by atoms with Gasteiger partial charge in [0, 0.05) is 39.3 Å². The van der Waals surface area contributed by atoms with Crippen LogP contribution in [-0.2, 0) is 9.47 Å². The molecule has 0 radical (unpaired) electrons. The second kappa shape index (κ2) is 10.7. The van der Waals surface area contributed by atoms with Crippen molar-refractivity contribution in [2.24, 2.45) is 4.99 Å². The van der Waals surface area contributed by atoms with Crippen LogP contribution in [0.4, 0.5) is 4.39 Å². The maximum Gasteiger partial charge on any atom is 0.194 e. The minimum atomic E-state index is -0.223. The Balaban J connectivity index is 1.58.